The topological polar surface area (TPSA) is 60.0 Å². The third-order valence-electron chi connectivity index (χ3n) is 5.06. The normalized spacial score (nSPS) is 15.7. The lowest BCUT2D eigenvalue weighted by Gasteiger charge is -2.34. The van der Waals surface area contributed by atoms with Crippen molar-refractivity contribution in [3.05, 3.63) is 35.4 Å². The Hall–Kier alpha value is -1.35. The molecule has 0 atom stereocenters. The predicted molar refractivity (Wildman–Crippen MR) is 132 cm³/mol. The van der Waals surface area contributed by atoms with Crippen LogP contribution in [0.5, 0.6) is 0 Å². The molecule has 0 aliphatic carbocycles. The van der Waals surface area contributed by atoms with Gasteiger partial charge in [0.2, 0.25) is 0 Å². The molecule has 0 unspecified atom stereocenters. The van der Waals surface area contributed by atoms with Crippen molar-refractivity contribution < 1.29 is 4.79 Å². The minimum atomic E-state index is 0. The Morgan fingerprint density at radius 1 is 1.28 bits per heavy atom. The molecule has 0 aromatic heterocycles. The van der Waals surface area contributed by atoms with Gasteiger partial charge in [0.25, 0.3) is 5.91 Å². The first-order valence-corrected chi connectivity index (χ1v) is 10.4. The molecular weight excluding hydrogens is 477 g/mol. The molecule has 7 heteroatoms. The molecule has 1 heterocycles. The molecule has 1 aromatic carbocycles. The molecule has 0 spiro atoms. The second-order valence-electron chi connectivity index (χ2n) is 8.26. The summed E-state index contributed by atoms with van der Waals surface area (Å²) in [4.78, 5) is 20.6. The van der Waals surface area contributed by atoms with Gasteiger partial charge in [-0.2, -0.15) is 0 Å². The van der Waals surface area contributed by atoms with E-state index in [0.29, 0.717) is 6.04 Å². The molecule has 1 aliphatic rings. The number of likely N-dealkylation sites (tertiary alicyclic amines) is 1. The number of piperidine rings is 1. The fourth-order valence-corrected chi connectivity index (χ4v) is 3.61. The van der Waals surface area contributed by atoms with Gasteiger partial charge < -0.3 is 20.4 Å². The van der Waals surface area contributed by atoms with Crippen molar-refractivity contribution in [2.75, 3.05) is 47.3 Å². The van der Waals surface area contributed by atoms with E-state index in [1.807, 2.05) is 25.2 Å². The van der Waals surface area contributed by atoms with Crippen LogP contribution in [0.1, 0.15) is 42.6 Å². The van der Waals surface area contributed by atoms with Gasteiger partial charge in [0, 0.05) is 58.9 Å². The zero-order valence-corrected chi connectivity index (χ0v) is 20.9. The molecule has 1 aromatic rings. The van der Waals surface area contributed by atoms with Crippen LogP contribution < -0.4 is 10.6 Å². The lowest BCUT2D eigenvalue weighted by molar-refractivity contribution is 0.0827. The third kappa shape index (κ3) is 8.90. The van der Waals surface area contributed by atoms with E-state index in [2.05, 4.69) is 40.4 Å². The summed E-state index contributed by atoms with van der Waals surface area (Å²) >= 11 is 0. The van der Waals surface area contributed by atoms with Crippen LogP contribution in [0.15, 0.2) is 29.3 Å². The Labute approximate surface area is 193 Å². The van der Waals surface area contributed by atoms with E-state index >= 15 is 0 Å². The summed E-state index contributed by atoms with van der Waals surface area (Å²) < 4.78 is 0. The number of hydrogen-bond acceptors (Lipinski definition) is 3. The van der Waals surface area contributed by atoms with Crippen molar-refractivity contribution in [2.24, 2.45) is 10.9 Å². The van der Waals surface area contributed by atoms with E-state index in [4.69, 9.17) is 0 Å². The lowest BCUT2D eigenvalue weighted by Crippen LogP contribution is -2.49. The lowest BCUT2D eigenvalue weighted by atomic mass is 10.0. The van der Waals surface area contributed by atoms with Crippen molar-refractivity contribution in [3.8, 4) is 0 Å². The quantitative estimate of drug-likeness (QED) is 0.333. The molecule has 1 saturated heterocycles. The molecule has 2 N–H and O–H groups in total. The Bertz CT molecular complexity index is 654. The van der Waals surface area contributed by atoms with Crippen molar-refractivity contribution in [1.29, 1.82) is 0 Å². The minimum Gasteiger partial charge on any atom is -0.356 e. The zero-order chi connectivity index (χ0) is 20.5. The first kappa shape index (κ1) is 25.7. The molecule has 0 saturated carbocycles. The fraction of sp³-hybridized carbons (Fsp3) is 0.636. The van der Waals surface area contributed by atoms with Crippen molar-refractivity contribution >= 4 is 35.8 Å². The molecule has 1 amide bonds. The summed E-state index contributed by atoms with van der Waals surface area (Å²) in [5.41, 5.74) is 1.89. The number of benzene rings is 1. The average molecular weight is 515 g/mol. The number of nitrogens with one attached hydrogen (secondary N) is 2. The number of halogens is 1. The van der Waals surface area contributed by atoms with Crippen LogP contribution in [0.4, 0.5) is 0 Å². The highest BCUT2D eigenvalue weighted by Crippen LogP contribution is 2.12. The standard InChI is InChI=1S/C22H37N5O.HI/c1-17(2)16-27-13-10-20(11-14-27)25-22(23-3)24-12-9-18-7-6-8-19(15-18)21(28)26(4)5;/h6-8,15,17,20H,9-14,16H2,1-5H3,(H2,23,24,25);1H. The monoisotopic (exact) mass is 515 g/mol. The van der Waals surface area contributed by atoms with Gasteiger partial charge in [0.05, 0.1) is 0 Å². The van der Waals surface area contributed by atoms with E-state index in [1.165, 1.54) is 6.54 Å². The number of guanidine groups is 1. The maximum absolute atomic E-state index is 12.1. The maximum atomic E-state index is 12.1. The molecule has 1 fully saturated rings. The maximum Gasteiger partial charge on any atom is 0.253 e. The third-order valence-corrected chi connectivity index (χ3v) is 5.06. The average Bonchev–Trinajstić information content (AvgIpc) is 2.67. The number of nitrogens with zero attached hydrogens (tertiary/aromatic N) is 3. The van der Waals surface area contributed by atoms with Crippen LogP contribution in [0.2, 0.25) is 0 Å². The van der Waals surface area contributed by atoms with Crippen molar-refractivity contribution in [1.82, 2.24) is 20.4 Å². The van der Waals surface area contributed by atoms with Crippen molar-refractivity contribution in [2.45, 2.75) is 39.2 Å². The smallest absolute Gasteiger partial charge is 0.253 e. The van der Waals surface area contributed by atoms with Gasteiger partial charge in [-0.25, -0.2) is 0 Å². The van der Waals surface area contributed by atoms with Crippen LogP contribution in [0.25, 0.3) is 0 Å². The number of amides is 1. The summed E-state index contributed by atoms with van der Waals surface area (Å²) in [7, 11) is 5.37. The number of aliphatic imine (C=N–C) groups is 1. The molecule has 0 bridgehead atoms. The Morgan fingerprint density at radius 2 is 1.97 bits per heavy atom. The van der Waals surface area contributed by atoms with E-state index in [1.54, 1.807) is 19.0 Å². The minimum absolute atomic E-state index is 0. The number of carbonyl (C=O) groups is 1. The second-order valence-corrected chi connectivity index (χ2v) is 8.26. The number of rotatable bonds is 7. The Kier molecular flexibility index (Phi) is 11.6. The summed E-state index contributed by atoms with van der Waals surface area (Å²) in [6.07, 6.45) is 3.16. The Balaban J connectivity index is 0.00000420. The number of hydrogen-bond donors (Lipinski definition) is 2. The van der Waals surface area contributed by atoms with Gasteiger partial charge >= 0.3 is 0 Å². The van der Waals surface area contributed by atoms with Crippen LogP contribution in [0.3, 0.4) is 0 Å². The van der Waals surface area contributed by atoms with E-state index in [9.17, 15) is 4.79 Å². The van der Waals surface area contributed by atoms with Gasteiger partial charge in [0.1, 0.15) is 0 Å². The number of carbonyl (C=O) groups excluding carboxylic acids is 1. The van der Waals surface area contributed by atoms with Crippen LogP contribution in [0, 0.1) is 5.92 Å². The molecule has 0 radical (unpaired) electrons. The predicted octanol–water partition coefficient (Wildman–Crippen LogP) is 2.83. The van der Waals surface area contributed by atoms with Gasteiger partial charge in [-0.05, 0) is 42.9 Å². The summed E-state index contributed by atoms with van der Waals surface area (Å²) in [5, 5.41) is 6.97. The van der Waals surface area contributed by atoms with Gasteiger partial charge in [-0.1, -0.05) is 26.0 Å². The van der Waals surface area contributed by atoms with E-state index in [0.717, 1.165) is 61.9 Å². The van der Waals surface area contributed by atoms with Gasteiger partial charge in [-0.3, -0.25) is 9.79 Å². The second kappa shape index (κ2) is 13.1. The van der Waals surface area contributed by atoms with Gasteiger partial charge in [-0.15, -0.1) is 24.0 Å². The molecule has 29 heavy (non-hydrogen) atoms. The summed E-state index contributed by atoms with van der Waals surface area (Å²) in [6.45, 7) is 8.84. The summed E-state index contributed by atoms with van der Waals surface area (Å²) in [6, 6.07) is 8.34. The van der Waals surface area contributed by atoms with E-state index < -0.39 is 0 Å². The van der Waals surface area contributed by atoms with Gasteiger partial charge in [0.15, 0.2) is 5.96 Å². The SMILES string of the molecule is CN=C(NCCc1cccc(C(=O)N(C)C)c1)NC1CCN(CC(C)C)CC1.I. The van der Waals surface area contributed by atoms with Crippen LogP contribution >= 0.6 is 24.0 Å². The van der Waals surface area contributed by atoms with Crippen molar-refractivity contribution in [3.63, 3.8) is 0 Å². The highest BCUT2D eigenvalue weighted by Gasteiger charge is 2.20. The molecular formula is C22H38IN5O. The highest BCUT2D eigenvalue weighted by molar-refractivity contribution is 14.0. The van der Waals surface area contributed by atoms with E-state index in [-0.39, 0.29) is 29.9 Å². The molecule has 6 nitrogen and oxygen atoms in total. The summed E-state index contributed by atoms with van der Waals surface area (Å²) in [5.74, 6) is 1.63. The Morgan fingerprint density at radius 3 is 2.55 bits per heavy atom. The zero-order valence-electron chi connectivity index (χ0n) is 18.6. The molecule has 2 rings (SSSR count). The molecule has 164 valence electrons. The first-order valence-electron chi connectivity index (χ1n) is 10.4. The highest BCUT2D eigenvalue weighted by atomic mass is 127. The molecule has 1 aliphatic heterocycles. The van der Waals surface area contributed by atoms with Crippen LogP contribution in [-0.4, -0.2) is 75.0 Å². The first-order chi connectivity index (χ1) is 13.4. The fourth-order valence-electron chi connectivity index (χ4n) is 3.61. The van der Waals surface area contributed by atoms with Crippen LogP contribution in [-0.2, 0) is 6.42 Å². The largest absolute Gasteiger partial charge is 0.356 e.